The lowest BCUT2D eigenvalue weighted by Crippen LogP contribution is -2.53. The first-order valence-electron chi connectivity index (χ1n) is 13.7. The normalized spacial score (nSPS) is 23.2. The number of carbonyl (C=O) groups is 3. The largest absolute Gasteiger partial charge is 0.488 e. The molecule has 1 unspecified atom stereocenters. The molecule has 0 aliphatic carbocycles. The summed E-state index contributed by atoms with van der Waals surface area (Å²) < 4.78 is 33.4. The van der Waals surface area contributed by atoms with Crippen molar-refractivity contribution in [2.45, 2.75) is 61.9 Å². The molecular weight excluding hydrogens is 534 g/mol. The summed E-state index contributed by atoms with van der Waals surface area (Å²) in [5.41, 5.74) is 8.40. The molecule has 3 fully saturated rings. The lowest BCUT2D eigenvalue weighted by molar-refractivity contribution is -0.136. The van der Waals surface area contributed by atoms with E-state index >= 15 is 0 Å². The second-order valence-corrected chi connectivity index (χ2v) is 13.0. The SMILES string of the molecule is NC1CCN(S(=O)(=O)c2ccc(OC3CN(Cc4ccc5c(c4)C(=O)N(C4CCC(=O)NC4=O)C5)C3)cc2)CC1. The van der Waals surface area contributed by atoms with Crippen LogP contribution >= 0.6 is 0 Å². The Labute approximate surface area is 233 Å². The van der Waals surface area contributed by atoms with Gasteiger partial charge in [0.25, 0.3) is 5.91 Å². The summed E-state index contributed by atoms with van der Waals surface area (Å²) >= 11 is 0. The monoisotopic (exact) mass is 567 g/mol. The van der Waals surface area contributed by atoms with Gasteiger partial charge in [0.2, 0.25) is 21.8 Å². The van der Waals surface area contributed by atoms with Gasteiger partial charge < -0.3 is 15.4 Å². The van der Waals surface area contributed by atoms with E-state index in [9.17, 15) is 22.8 Å². The fourth-order valence-corrected chi connectivity index (χ4v) is 7.30. The number of ether oxygens (including phenoxy) is 1. The van der Waals surface area contributed by atoms with Crippen LogP contribution in [-0.2, 0) is 32.7 Å². The summed E-state index contributed by atoms with van der Waals surface area (Å²) in [7, 11) is -3.54. The standard InChI is InChI=1S/C28H33N5O6S/c29-20-9-11-32(12-10-20)40(37,38)23-5-3-21(4-6-23)39-22-16-31(17-22)14-18-1-2-19-15-33(28(36)24(19)13-18)25-7-8-26(34)30-27(25)35/h1-6,13,20,22,25H,7-12,14-17,29H2,(H,30,34,35). The Balaban J connectivity index is 1.00. The van der Waals surface area contributed by atoms with Crippen LogP contribution in [0.15, 0.2) is 47.4 Å². The highest BCUT2D eigenvalue weighted by Crippen LogP contribution is 2.30. The van der Waals surface area contributed by atoms with Crippen molar-refractivity contribution in [3.8, 4) is 5.75 Å². The fraction of sp³-hybridized carbons (Fsp3) is 0.464. The van der Waals surface area contributed by atoms with Crippen molar-refractivity contribution in [2.75, 3.05) is 26.2 Å². The second kappa shape index (κ2) is 10.6. The maximum Gasteiger partial charge on any atom is 0.255 e. The maximum atomic E-state index is 13.1. The van der Waals surface area contributed by atoms with Crippen LogP contribution in [0, 0.1) is 0 Å². The summed E-state index contributed by atoms with van der Waals surface area (Å²) in [6.07, 6.45) is 1.91. The molecule has 0 saturated carbocycles. The van der Waals surface area contributed by atoms with Crippen LogP contribution in [0.3, 0.4) is 0 Å². The third-order valence-corrected chi connectivity index (χ3v) is 10.1. The molecular formula is C28H33N5O6S. The van der Waals surface area contributed by atoms with Gasteiger partial charge in [-0.2, -0.15) is 4.31 Å². The van der Waals surface area contributed by atoms with Crippen LogP contribution in [0.5, 0.6) is 5.75 Å². The highest BCUT2D eigenvalue weighted by molar-refractivity contribution is 7.89. The number of piperidine rings is 2. The molecule has 1 atom stereocenters. The fourth-order valence-electron chi connectivity index (χ4n) is 5.83. The van der Waals surface area contributed by atoms with Crippen molar-refractivity contribution in [3.63, 3.8) is 0 Å². The summed E-state index contributed by atoms with van der Waals surface area (Å²) in [5.74, 6) is -0.257. The van der Waals surface area contributed by atoms with Crippen LogP contribution in [0.4, 0.5) is 0 Å². The first-order valence-corrected chi connectivity index (χ1v) is 15.1. The molecule has 3 N–H and O–H groups in total. The lowest BCUT2D eigenvalue weighted by atomic mass is 10.0. The van der Waals surface area contributed by atoms with Gasteiger partial charge in [-0.3, -0.25) is 24.6 Å². The minimum absolute atomic E-state index is 0.00915. The first kappa shape index (κ1) is 26.9. The Morgan fingerprint density at radius 2 is 1.70 bits per heavy atom. The van der Waals surface area contributed by atoms with Gasteiger partial charge in [-0.1, -0.05) is 12.1 Å². The number of sulfonamides is 1. The average molecular weight is 568 g/mol. The maximum absolute atomic E-state index is 13.1. The van der Waals surface area contributed by atoms with E-state index in [1.54, 1.807) is 29.2 Å². The number of benzene rings is 2. The average Bonchev–Trinajstić information content (AvgIpc) is 3.23. The molecule has 0 spiro atoms. The van der Waals surface area contributed by atoms with Gasteiger partial charge in [-0.15, -0.1) is 0 Å². The van der Waals surface area contributed by atoms with Crippen molar-refractivity contribution in [1.82, 2.24) is 19.4 Å². The number of fused-ring (bicyclic) bond motifs is 1. The predicted molar refractivity (Wildman–Crippen MR) is 145 cm³/mol. The third-order valence-electron chi connectivity index (χ3n) is 8.19. The molecule has 4 aliphatic heterocycles. The molecule has 212 valence electrons. The van der Waals surface area contributed by atoms with E-state index < -0.39 is 22.0 Å². The van der Waals surface area contributed by atoms with Gasteiger partial charge >= 0.3 is 0 Å². The van der Waals surface area contributed by atoms with Crippen LogP contribution in [-0.4, -0.2) is 84.6 Å². The van der Waals surface area contributed by atoms with Crippen LogP contribution in [0.2, 0.25) is 0 Å². The van der Waals surface area contributed by atoms with Gasteiger partial charge in [0.05, 0.1) is 4.90 Å². The minimum Gasteiger partial charge on any atom is -0.488 e. The van der Waals surface area contributed by atoms with Crippen molar-refractivity contribution >= 4 is 27.7 Å². The van der Waals surface area contributed by atoms with Gasteiger partial charge in [0, 0.05) is 57.3 Å². The Hall–Kier alpha value is -3.32. The Bertz CT molecular complexity index is 1430. The molecule has 11 nitrogen and oxygen atoms in total. The van der Waals surface area contributed by atoms with Crippen LogP contribution in [0.1, 0.15) is 47.2 Å². The molecule has 40 heavy (non-hydrogen) atoms. The molecule has 12 heteroatoms. The van der Waals surface area contributed by atoms with E-state index in [1.807, 2.05) is 18.2 Å². The summed E-state index contributed by atoms with van der Waals surface area (Å²) in [6.45, 7) is 3.33. The number of hydrogen-bond acceptors (Lipinski definition) is 8. The quantitative estimate of drug-likeness (QED) is 0.469. The number of hydrogen-bond donors (Lipinski definition) is 2. The number of nitrogens with one attached hydrogen (secondary N) is 1. The summed E-state index contributed by atoms with van der Waals surface area (Å²) in [6, 6.07) is 11.9. The molecule has 3 amide bonds. The van der Waals surface area contributed by atoms with Crippen molar-refractivity contribution in [3.05, 3.63) is 59.2 Å². The zero-order valence-corrected chi connectivity index (χ0v) is 22.9. The van der Waals surface area contributed by atoms with E-state index in [1.165, 1.54) is 4.31 Å². The van der Waals surface area contributed by atoms with E-state index in [-0.39, 0.29) is 35.3 Å². The third kappa shape index (κ3) is 5.24. The molecule has 4 aliphatic rings. The molecule has 0 aromatic heterocycles. The smallest absolute Gasteiger partial charge is 0.255 e. The molecule has 6 rings (SSSR count). The van der Waals surface area contributed by atoms with Crippen molar-refractivity contribution in [1.29, 1.82) is 0 Å². The van der Waals surface area contributed by atoms with Crippen LogP contribution in [0.25, 0.3) is 0 Å². The number of nitrogens with zero attached hydrogens (tertiary/aromatic N) is 3. The van der Waals surface area contributed by atoms with E-state index in [4.69, 9.17) is 10.5 Å². The number of imide groups is 1. The lowest BCUT2D eigenvalue weighted by Gasteiger charge is -2.39. The van der Waals surface area contributed by atoms with Crippen molar-refractivity contribution in [2.24, 2.45) is 5.73 Å². The topological polar surface area (TPSA) is 142 Å². The molecule has 0 radical (unpaired) electrons. The first-order chi connectivity index (χ1) is 19.2. The van der Waals surface area contributed by atoms with Gasteiger partial charge in [-0.25, -0.2) is 8.42 Å². The molecule has 3 saturated heterocycles. The molecule has 2 aromatic rings. The summed E-state index contributed by atoms with van der Waals surface area (Å²) in [4.78, 5) is 40.8. The van der Waals surface area contributed by atoms with Crippen molar-refractivity contribution < 1.29 is 27.5 Å². The van der Waals surface area contributed by atoms with E-state index in [0.717, 1.165) is 11.1 Å². The zero-order chi connectivity index (χ0) is 28.0. The predicted octanol–water partition coefficient (Wildman–Crippen LogP) is 0.823. The van der Waals surface area contributed by atoms with Gasteiger partial charge in [-0.05, 0) is 60.7 Å². The highest BCUT2D eigenvalue weighted by Gasteiger charge is 2.39. The Morgan fingerprint density at radius 1 is 0.975 bits per heavy atom. The Morgan fingerprint density at radius 3 is 2.40 bits per heavy atom. The van der Waals surface area contributed by atoms with Crippen LogP contribution < -0.4 is 15.8 Å². The summed E-state index contributed by atoms with van der Waals surface area (Å²) in [5, 5.41) is 2.33. The molecule has 4 heterocycles. The highest BCUT2D eigenvalue weighted by atomic mass is 32.2. The number of nitrogens with two attached hydrogens (primary N) is 1. The number of rotatable bonds is 7. The zero-order valence-electron chi connectivity index (χ0n) is 22.1. The second-order valence-electron chi connectivity index (χ2n) is 11.0. The van der Waals surface area contributed by atoms with Gasteiger partial charge in [0.15, 0.2) is 0 Å². The Kier molecular flexibility index (Phi) is 7.11. The van der Waals surface area contributed by atoms with Gasteiger partial charge in [0.1, 0.15) is 17.9 Å². The van der Waals surface area contributed by atoms with E-state index in [2.05, 4.69) is 10.2 Å². The molecule has 0 bridgehead atoms. The number of amides is 3. The van der Waals surface area contributed by atoms with E-state index in [0.29, 0.717) is 69.8 Å². The molecule has 2 aromatic carbocycles. The minimum atomic E-state index is -3.54. The number of likely N-dealkylation sites (tertiary alicyclic amines) is 1. The number of carbonyl (C=O) groups excluding carboxylic acids is 3.